The van der Waals surface area contributed by atoms with E-state index in [1.165, 1.54) is 30.4 Å². The maximum absolute atomic E-state index is 5.74. The molecular weight excluding hydrogens is 430 g/mol. The highest BCUT2D eigenvalue weighted by molar-refractivity contribution is 7.98. The molecule has 33 heavy (non-hydrogen) atoms. The van der Waals surface area contributed by atoms with Crippen LogP contribution in [0.1, 0.15) is 41.9 Å². The number of thioether (sulfide) groups is 1. The average molecular weight is 460 g/mol. The van der Waals surface area contributed by atoms with E-state index < -0.39 is 0 Å². The Morgan fingerprint density at radius 3 is 2.48 bits per heavy atom. The number of rotatable bonds is 8. The molecule has 0 atom stereocenters. The summed E-state index contributed by atoms with van der Waals surface area (Å²) < 4.78 is 8.00. The highest BCUT2D eigenvalue weighted by Gasteiger charge is 2.18. The Morgan fingerprint density at radius 1 is 0.909 bits per heavy atom. The van der Waals surface area contributed by atoms with Crippen molar-refractivity contribution < 1.29 is 4.42 Å². The first-order valence-electron chi connectivity index (χ1n) is 11.6. The van der Waals surface area contributed by atoms with Gasteiger partial charge in [-0.1, -0.05) is 66.2 Å². The normalized spacial score (nSPS) is 14.6. The lowest BCUT2D eigenvalue weighted by Crippen LogP contribution is -2.30. The van der Waals surface area contributed by atoms with Gasteiger partial charge < -0.3 is 8.98 Å². The molecule has 1 aliphatic rings. The molecule has 2 aromatic heterocycles. The van der Waals surface area contributed by atoms with Crippen LogP contribution in [0.15, 0.2) is 70.4 Å². The van der Waals surface area contributed by atoms with Crippen LogP contribution in [0.4, 0.5) is 0 Å². The predicted octanol–water partition coefficient (Wildman–Crippen LogP) is 5.57. The summed E-state index contributed by atoms with van der Waals surface area (Å²) in [4.78, 5) is 7.18. The van der Waals surface area contributed by atoms with Crippen LogP contribution in [-0.4, -0.2) is 37.7 Å². The monoisotopic (exact) mass is 459 g/mol. The molecule has 5 rings (SSSR count). The third-order valence-electron chi connectivity index (χ3n) is 5.99. The zero-order chi connectivity index (χ0) is 22.5. The highest BCUT2D eigenvalue weighted by Crippen LogP contribution is 2.26. The third-order valence-corrected chi connectivity index (χ3v) is 6.99. The van der Waals surface area contributed by atoms with E-state index in [9.17, 15) is 0 Å². The van der Waals surface area contributed by atoms with Gasteiger partial charge in [0.2, 0.25) is 5.89 Å². The summed E-state index contributed by atoms with van der Waals surface area (Å²) in [6.07, 6.45) is 5.61. The number of aryl methyl sites for hydroxylation is 1. The van der Waals surface area contributed by atoms with Gasteiger partial charge in [0.05, 0.1) is 18.8 Å². The van der Waals surface area contributed by atoms with Crippen LogP contribution < -0.4 is 0 Å². The zero-order valence-electron chi connectivity index (χ0n) is 19.0. The van der Waals surface area contributed by atoms with Gasteiger partial charge in [-0.05, 0) is 50.6 Å². The molecule has 0 N–H and O–H groups in total. The fourth-order valence-corrected chi connectivity index (χ4v) is 4.96. The molecule has 3 heterocycles. The maximum Gasteiger partial charge on any atom is 0.226 e. The SMILES string of the molecule is Cc1ccc(-c2nc(CSc3nnc(CN4CCCCC4)n3Cc3ccccc3)co2)cc1. The highest BCUT2D eigenvalue weighted by atomic mass is 32.2. The molecule has 0 unspecified atom stereocenters. The van der Waals surface area contributed by atoms with Crippen LogP contribution in [0.25, 0.3) is 11.5 Å². The number of hydrogen-bond donors (Lipinski definition) is 0. The molecule has 4 aromatic rings. The Labute approximate surface area is 199 Å². The van der Waals surface area contributed by atoms with Gasteiger partial charge in [0.25, 0.3) is 0 Å². The molecule has 0 amide bonds. The number of oxazole rings is 1. The Balaban J connectivity index is 1.32. The second-order valence-electron chi connectivity index (χ2n) is 8.61. The summed E-state index contributed by atoms with van der Waals surface area (Å²) in [7, 11) is 0. The third kappa shape index (κ3) is 5.54. The first kappa shape index (κ1) is 21.9. The summed E-state index contributed by atoms with van der Waals surface area (Å²) in [6.45, 7) is 5.98. The van der Waals surface area contributed by atoms with Crippen molar-refractivity contribution in [1.29, 1.82) is 0 Å². The van der Waals surface area contributed by atoms with Gasteiger partial charge in [0.1, 0.15) is 12.1 Å². The fourth-order valence-electron chi connectivity index (χ4n) is 4.13. The topological polar surface area (TPSA) is 60.0 Å². The van der Waals surface area contributed by atoms with Gasteiger partial charge in [-0.25, -0.2) is 4.98 Å². The van der Waals surface area contributed by atoms with Gasteiger partial charge in [-0.2, -0.15) is 0 Å². The van der Waals surface area contributed by atoms with Crippen LogP contribution in [0.3, 0.4) is 0 Å². The number of benzene rings is 2. The fraction of sp³-hybridized carbons (Fsp3) is 0.346. The minimum Gasteiger partial charge on any atom is -0.444 e. The molecule has 0 radical (unpaired) electrons. The summed E-state index contributed by atoms with van der Waals surface area (Å²) in [5.41, 5.74) is 4.37. The second-order valence-corrected chi connectivity index (χ2v) is 9.55. The van der Waals surface area contributed by atoms with Crippen LogP contribution in [0.5, 0.6) is 0 Å². The quantitative estimate of drug-likeness (QED) is 0.321. The van der Waals surface area contributed by atoms with Gasteiger partial charge in [0, 0.05) is 11.3 Å². The average Bonchev–Trinajstić information content (AvgIpc) is 3.47. The Hall–Kier alpha value is -2.90. The number of aromatic nitrogens is 4. The number of nitrogens with zero attached hydrogens (tertiary/aromatic N) is 5. The molecule has 1 saturated heterocycles. The van der Waals surface area contributed by atoms with Gasteiger partial charge in [-0.3, -0.25) is 4.90 Å². The van der Waals surface area contributed by atoms with E-state index in [1.807, 2.05) is 12.1 Å². The molecule has 2 aromatic carbocycles. The van der Waals surface area contributed by atoms with E-state index in [-0.39, 0.29) is 0 Å². The molecule has 0 bridgehead atoms. The van der Waals surface area contributed by atoms with Crippen molar-refractivity contribution >= 4 is 11.8 Å². The van der Waals surface area contributed by atoms with Crippen molar-refractivity contribution in [1.82, 2.24) is 24.6 Å². The molecule has 170 valence electrons. The van der Waals surface area contributed by atoms with E-state index in [0.29, 0.717) is 11.6 Å². The lowest BCUT2D eigenvalue weighted by Gasteiger charge is -2.26. The number of piperidine rings is 1. The van der Waals surface area contributed by atoms with Crippen LogP contribution in [-0.2, 0) is 18.8 Å². The van der Waals surface area contributed by atoms with Gasteiger partial charge in [0.15, 0.2) is 5.16 Å². The number of hydrogen-bond acceptors (Lipinski definition) is 6. The summed E-state index contributed by atoms with van der Waals surface area (Å²) >= 11 is 1.66. The molecule has 0 spiro atoms. The largest absolute Gasteiger partial charge is 0.444 e. The molecule has 7 heteroatoms. The van der Waals surface area contributed by atoms with Crippen molar-refractivity contribution in [2.24, 2.45) is 0 Å². The zero-order valence-corrected chi connectivity index (χ0v) is 19.8. The number of likely N-dealkylation sites (tertiary alicyclic amines) is 1. The van der Waals surface area contributed by atoms with Crippen LogP contribution >= 0.6 is 11.8 Å². The van der Waals surface area contributed by atoms with Crippen LogP contribution in [0.2, 0.25) is 0 Å². The molecule has 0 aliphatic carbocycles. The molecule has 1 aliphatic heterocycles. The van der Waals surface area contributed by atoms with Crippen molar-refractivity contribution in [3.05, 3.63) is 83.5 Å². The van der Waals surface area contributed by atoms with E-state index in [2.05, 4.69) is 74.0 Å². The minimum absolute atomic E-state index is 0.655. The molecule has 0 saturated carbocycles. The minimum atomic E-state index is 0.655. The van der Waals surface area contributed by atoms with E-state index >= 15 is 0 Å². The summed E-state index contributed by atoms with van der Waals surface area (Å²) in [5, 5.41) is 10.1. The first-order valence-corrected chi connectivity index (χ1v) is 12.6. The summed E-state index contributed by atoms with van der Waals surface area (Å²) in [6, 6.07) is 18.8. The van der Waals surface area contributed by atoms with Crippen molar-refractivity contribution in [3.63, 3.8) is 0 Å². The van der Waals surface area contributed by atoms with E-state index in [0.717, 1.165) is 48.4 Å². The lowest BCUT2D eigenvalue weighted by atomic mass is 10.1. The van der Waals surface area contributed by atoms with Crippen molar-refractivity contribution in [3.8, 4) is 11.5 Å². The van der Waals surface area contributed by atoms with Crippen molar-refractivity contribution in [2.75, 3.05) is 13.1 Å². The van der Waals surface area contributed by atoms with Gasteiger partial charge >= 0.3 is 0 Å². The Morgan fingerprint density at radius 2 is 1.70 bits per heavy atom. The first-order chi connectivity index (χ1) is 16.2. The second kappa shape index (κ2) is 10.4. The standard InChI is InChI=1S/C26H29N5OS/c1-20-10-12-22(13-11-20)25-27-23(18-32-25)19-33-26-29-28-24(17-30-14-6-3-7-15-30)31(26)16-21-8-4-2-5-9-21/h2,4-5,8-13,18H,3,6-7,14-17,19H2,1H3. The Kier molecular flexibility index (Phi) is 6.88. The van der Waals surface area contributed by atoms with E-state index in [1.54, 1.807) is 18.0 Å². The maximum atomic E-state index is 5.74. The molecular formula is C26H29N5OS. The van der Waals surface area contributed by atoms with Gasteiger partial charge in [-0.15, -0.1) is 10.2 Å². The Bertz CT molecular complexity index is 1160. The smallest absolute Gasteiger partial charge is 0.226 e. The van der Waals surface area contributed by atoms with Crippen LogP contribution in [0, 0.1) is 6.92 Å². The molecule has 1 fully saturated rings. The van der Waals surface area contributed by atoms with Crippen molar-refractivity contribution in [2.45, 2.75) is 50.2 Å². The predicted molar refractivity (Wildman–Crippen MR) is 131 cm³/mol. The van der Waals surface area contributed by atoms with E-state index in [4.69, 9.17) is 4.42 Å². The summed E-state index contributed by atoms with van der Waals surface area (Å²) in [5.74, 6) is 2.37. The molecule has 6 nitrogen and oxygen atoms in total. The lowest BCUT2D eigenvalue weighted by molar-refractivity contribution is 0.213.